The number of hydrogen-bond donors (Lipinski definition) is 3. The molecule has 10 heteroatoms. The predicted octanol–water partition coefficient (Wildman–Crippen LogP) is 3.22. The van der Waals surface area contributed by atoms with Crippen molar-refractivity contribution in [2.75, 3.05) is 45.1 Å². The summed E-state index contributed by atoms with van der Waals surface area (Å²) in [7, 11) is 2.07. The van der Waals surface area contributed by atoms with Crippen LogP contribution in [0.1, 0.15) is 26.3 Å². The molecule has 0 aliphatic carbocycles. The quantitative estimate of drug-likeness (QED) is 0.265. The normalized spacial score (nSPS) is 15.5. The maximum Gasteiger partial charge on any atom is 0.320 e. The molecule has 0 unspecified atom stereocenters. The summed E-state index contributed by atoms with van der Waals surface area (Å²) in [5.74, 6) is 0.800. The van der Waals surface area contributed by atoms with Crippen LogP contribution in [-0.2, 0) is 16.1 Å². The number of carbonyl (C=O) groups excluding carboxylic acids is 1. The van der Waals surface area contributed by atoms with Crippen LogP contribution < -0.4 is 15.4 Å². The van der Waals surface area contributed by atoms with Gasteiger partial charge in [0.15, 0.2) is 0 Å². The second kappa shape index (κ2) is 13.0. The zero-order valence-corrected chi connectivity index (χ0v) is 23.1. The van der Waals surface area contributed by atoms with Gasteiger partial charge < -0.3 is 30.1 Å². The van der Waals surface area contributed by atoms with E-state index in [1.807, 2.05) is 62.1 Å². The highest BCUT2D eigenvalue weighted by Gasteiger charge is 2.21. The summed E-state index contributed by atoms with van der Waals surface area (Å²) in [4.78, 5) is 24.9. The molecule has 1 fully saturated rings. The van der Waals surface area contributed by atoms with Crippen molar-refractivity contribution in [2.24, 2.45) is 0 Å². The SMILES string of the molecule is CN1CCN([C@H](O)Oc2ccc(Nc3ncc(-c4ccc(CNCC(=O)OC(C)(C)C)cc4)cn3)cc2)CC1. The summed E-state index contributed by atoms with van der Waals surface area (Å²) in [6, 6.07) is 15.4. The zero-order chi connectivity index (χ0) is 27.8. The molecule has 1 aliphatic heterocycles. The molecular formula is C29H38N6O4. The van der Waals surface area contributed by atoms with Gasteiger partial charge in [0.05, 0.1) is 6.54 Å². The van der Waals surface area contributed by atoms with Crippen LogP contribution in [0.2, 0.25) is 0 Å². The van der Waals surface area contributed by atoms with Gasteiger partial charge in [-0.05, 0) is 63.2 Å². The lowest BCUT2D eigenvalue weighted by Crippen LogP contribution is -2.50. The average molecular weight is 535 g/mol. The van der Waals surface area contributed by atoms with E-state index in [-0.39, 0.29) is 12.5 Å². The second-order valence-electron chi connectivity index (χ2n) is 10.6. The van der Waals surface area contributed by atoms with Crippen LogP contribution in [0.3, 0.4) is 0 Å². The third-order valence-electron chi connectivity index (χ3n) is 6.16. The molecule has 1 aromatic heterocycles. The third kappa shape index (κ3) is 9.00. The first-order valence-electron chi connectivity index (χ1n) is 13.1. The number of benzene rings is 2. The summed E-state index contributed by atoms with van der Waals surface area (Å²) in [5.41, 5.74) is 3.29. The molecule has 2 heterocycles. The van der Waals surface area contributed by atoms with Crippen molar-refractivity contribution >= 4 is 17.6 Å². The summed E-state index contributed by atoms with van der Waals surface area (Å²) < 4.78 is 11.0. The van der Waals surface area contributed by atoms with Crippen LogP contribution in [0.15, 0.2) is 60.9 Å². The standard InChI is InChI=1S/C29H38N6O4/c1-29(2,3)39-26(36)20-30-17-21-5-7-22(8-6-21)23-18-31-27(32-19-23)33-24-9-11-25(12-10-24)38-28(37)35-15-13-34(4)14-16-35/h5-12,18-19,28,30,37H,13-17,20H2,1-4H3,(H,31,32,33)/t28-/m1/s1. The maximum atomic E-state index is 11.8. The minimum Gasteiger partial charge on any atom is -0.459 e. The topological polar surface area (TPSA) is 112 Å². The maximum absolute atomic E-state index is 11.8. The molecule has 4 rings (SSSR count). The van der Waals surface area contributed by atoms with Gasteiger partial charge in [-0.1, -0.05) is 24.3 Å². The Morgan fingerprint density at radius 1 is 0.974 bits per heavy atom. The molecule has 0 bridgehead atoms. The number of aliphatic hydroxyl groups is 1. The molecule has 0 saturated carbocycles. The molecule has 2 aromatic carbocycles. The Balaban J connectivity index is 1.24. The first-order chi connectivity index (χ1) is 18.6. The lowest BCUT2D eigenvalue weighted by molar-refractivity contribution is -0.153. The Bertz CT molecular complexity index is 1190. The van der Waals surface area contributed by atoms with E-state index in [2.05, 4.69) is 32.5 Å². The summed E-state index contributed by atoms with van der Waals surface area (Å²) in [6.07, 6.45) is 2.58. The van der Waals surface area contributed by atoms with Crippen molar-refractivity contribution < 1.29 is 19.4 Å². The van der Waals surface area contributed by atoms with Crippen molar-refractivity contribution in [3.05, 3.63) is 66.5 Å². The van der Waals surface area contributed by atoms with Crippen LogP contribution in [0.5, 0.6) is 5.75 Å². The summed E-state index contributed by atoms with van der Waals surface area (Å²) >= 11 is 0. The average Bonchev–Trinajstić information content (AvgIpc) is 2.90. The van der Waals surface area contributed by atoms with Gasteiger partial charge in [0.1, 0.15) is 11.4 Å². The number of rotatable bonds is 10. The Morgan fingerprint density at radius 3 is 2.23 bits per heavy atom. The first kappa shape index (κ1) is 28.4. The van der Waals surface area contributed by atoms with E-state index in [0.29, 0.717) is 18.2 Å². The van der Waals surface area contributed by atoms with Gasteiger partial charge in [-0.2, -0.15) is 0 Å². The van der Waals surface area contributed by atoms with E-state index in [4.69, 9.17) is 9.47 Å². The summed E-state index contributed by atoms with van der Waals surface area (Å²) in [6.45, 7) is 9.63. The fourth-order valence-corrected chi connectivity index (χ4v) is 4.03. The van der Waals surface area contributed by atoms with Crippen molar-refractivity contribution in [2.45, 2.75) is 39.3 Å². The van der Waals surface area contributed by atoms with Crippen LogP contribution >= 0.6 is 0 Å². The Kier molecular flexibility index (Phi) is 9.47. The number of aromatic nitrogens is 2. The molecule has 10 nitrogen and oxygen atoms in total. The number of esters is 1. The number of nitrogens with one attached hydrogen (secondary N) is 2. The molecule has 0 radical (unpaired) electrons. The van der Waals surface area contributed by atoms with E-state index >= 15 is 0 Å². The van der Waals surface area contributed by atoms with Gasteiger partial charge >= 0.3 is 5.97 Å². The van der Waals surface area contributed by atoms with E-state index in [9.17, 15) is 9.90 Å². The fraction of sp³-hybridized carbons (Fsp3) is 0.414. The van der Waals surface area contributed by atoms with Gasteiger partial charge in [-0.3, -0.25) is 4.79 Å². The minimum absolute atomic E-state index is 0.162. The van der Waals surface area contributed by atoms with E-state index in [0.717, 1.165) is 48.6 Å². The van der Waals surface area contributed by atoms with Gasteiger partial charge in [0.2, 0.25) is 5.95 Å². The number of hydrogen-bond acceptors (Lipinski definition) is 10. The smallest absolute Gasteiger partial charge is 0.320 e. The highest BCUT2D eigenvalue weighted by atomic mass is 16.6. The third-order valence-corrected chi connectivity index (χ3v) is 6.16. The molecule has 0 amide bonds. The number of ether oxygens (including phenoxy) is 2. The largest absolute Gasteiger partial charge is 0.459 e. The number of aliphatic hydroxyl groups excluding tert-OH is 1. The van der Waals surface area contributed by atoms with Crippen molar-refractivity contribution in [3.63, 3.8) is 0 Å². The fourth-order valence-electron chi connectivity index (χ4n) is 4.03. The molecule has 1 atom stereocenters. The summed E-state index contributed by atoms with van der Waals surface area (Å²) in [5, 5.41) is 16.7. The number of nitrogens with zero attached hydrogens (tertiary/aromatic N) is 4. The van der Waals surface area contributed by atoms with Crippen LogP contribution in [0, 0.1) is 0 Å². The van der Waals surface area contributed by atoms with Crippen LogP contribution in [-0.4, -0.2) is 82.6 Å². The molecule has 1 aliphatic rings. The minimum atomic E-state index is -0.962. The van der Waals surface area contributed by atoms with E-state index in [1.165, 1.54) is 0 Å². The first-order valence-corrected chi connectivity index (χ1v) is 13.1. The number of carbonyl (C=O) groups is 1. The Labute approximate surface area is 230 Å². The van der Waals surface area contributed by atoms with Crippen molar-refractivity contribution in [1.82, 2.24) is 25.1 Å². The molecule has 39 heavy (non-hydrogen) atoms. The van der Waals surface area contributed by atoms with Gasteiger partial charge in [-0.15, -0.1) is 0 Å². The number of anilines is 2. The van der Waals surface area contributed by atoms with E-state index < -0.39 is 12.0 Å². The van der Waals surface area contributed by atoms with E-state index in [1.54, 1.807) is 24.5 Å². The monoisotopic (exact) mass is 534 g/mol. The van der Waals surface area contributed by atoms with Crippen LogP contribution in [0.4, 0.5) is 11.6 Å². The Hall–Kier alpha value is -3.57. The van der Waals surface area contributed by atoms with Gasteiger partial charge in [0.25, 0.3) is 6.41 Å². The van der Waals surface area contributed by atoms with Gasteiger partial charge in [0, 0.05) is 56.4 Å². The van der Waals surface area contributed by atoms with Crippen molar-refractivity contribution in [3.8, 4) is 16.9 Å². The highest BCUT2D eigenvalue weighted by molar-refractivity contribution is 5.72. The van der Waals surface area contributed by atoms with Gasteiger partial charge in [-0.25, -0.2) is 14.9 Å². The molecular weight excluding hydrogens is 496 g/mol. The Morgan fingerprint density at radius 2 is 1.62 bits per heavy atom. The molecule has 208 valence electrons. The number of piperazine rings is 1. The highest BCUT2D eigenvalue weighted by Crippen LogP contribution is 2.22. The molecule has 1 saturated heterocycles. The second-order valence-corrected chi connectivity index (χ2v) is 10.6. The molecule has 3 N–H and O–H groups in total. The lowest BCUT2D eigenvalue weighted by Gasteiger charge is -2.34. The molecule has 3 aromatic rings. The van der Waals surface area contributed by atoms with Crippen molar-refractivity contribution in [1.29, 1.82) is 0 Å². The lowest BCUT2D eigenvalue weighted by atomic mass is 10.1. The number of likely N-dealkylation sites (N-methyl/N-ethyl adjacent to an activating group) is 1. The molecule has 0 spiro atoms. The zero-order valence-electron chi connectivity index (χ0n) is 23.1. The predicted molar refractivity (Wildman–Crippen MR) is 150 cm³/mol. The van der Waals surface area contributed by atoms with Crippen LogP contribution in [0.25, 0.3) is 11.1 Å².